The lowest BCUT2D eigenvalue weighted by molar-refractivity contribution is 0.352. The maximum absolute atomic E-state index is 10.2. The van der Waals surface area contributed by atoms with Crippen molar-refractivity contribution in [1.29, 1.82) is 0 Å². The third-order valence-electron chi connectivity index (χ3n) is 4.61. The van der Waals surface area contributed by atoms with E-state index in [2.05, 4.69) is 27.3 Å². The predicted molar refractivity (Wildman–Crippen MR) is 100 cm³/mol. The van der Waals surface area contributed by atoms with Crippen LogP contribution >= 0.6 is 15.9 Å². The van der Waals surface area contributed by atoms with Crippen molar-refractivity contribution in [1.82, 2.24) is 5.32 Å². The van der Waals surface area contributed by atoms with E-state index >= 15 is 0 Å². The van der Waals surface area contributed by atoms with Crippen LogP contribution in [0.5, 0.6) is 23.0 Å². The molecule has 6 heteroatoms. The number of methoxy groups -OCH3 is 3. The molecule has 25 heavy (non-hydrogen) atoms. The van der Waals surface area contributed by atoms with Crippen LogP contribution in [0.1, 0.15) is 22.7 Å². The van der Waals surface area contributed by atoms with Crippen LogP contribution in [0, 0.1) is 0 Å². The van der Waals surface area contributed by atoms with E-state index in [1.807, 2.05) is 12.1 Å². The average Bonchev–Trinajstić information content (AvgIpc) is 2.64. The first kappa shape index (κ1) is 17.9. The maximum Gasteiger partial charge on any atom is 0.172 e. The Morgan fingerprint density at radius 1 is 1.08 bits per heavy atom. The molecule has 0 aromatic heterocycles. The fourth-order valence-corrected chi connectivity index (χ4v) is 3.77. The standard InChI is InChI=1S/C19H22BrNO4/c1-23-15-5-4-12(18(20)19(15)22)8-14-13-10-17(25-3)16(24-2)9-11(13)6-7-21-14/h4-5,9-10,14,21-22H,6-8H2,1-3H3. The Morgan fingerprint density at radius 2 is 1.76 bits per heavy atom. The van der Waals surface area contributed by atoms with Crippen molar-refractivity contribution in [3.8, 4) is 23.0 Å². The van der Waals surface area contributed by atoms with Crippen LogP contribution in [0.25, 0.3) is 0 Å². The van der Waals surface area contributed by atoms with E-state index in [9.17, 15) is 5.11 Å². The lowest BCUT2D eigenvalue weighted by Gasteiger charge is -2.28. The smallest absolute Gasteiger partial charge is 0.172 e. The number of hydrogen-bond acceptors (Lipinski definition) is 5. The van der Waals surface area contributed by atoms with Gasteiger partial charge in [-0.05, 0) is 70.2 Å². The number of fused-ring (bicyclic) bond motifs is 1. The van der Waals surface area contributed by atoms with E-state index in [0.717, 1.165) is 36.4 Å². The summed E-state index contributed by atoms with van der Waals surface area (Å²) in [5.74, 6) is 2.07. The molecule has 134 valence electrons. The summed E-state index contributed by atoms with van der Waals surface area (Å²) < 4.78 is 16.7. The van der Waals surface area contributed by atoms with Crippen molar-refractivity contribution < 1.29 is 19.3 Å². The van der Waals surface area contributed by atoms with Crippen molar-refractivity contribution in [2.45, 2.75) is 18.9 Å². The third kappa shape index (κ3) is 3.41. The molecule has 0 aliphatic carbocycles. The maximum atomic E-state index is 10.2. The second-order valence-corrected chi connectivity index (χ2v) is 6.75. The van der Waals surface area contributed by atoms with E-state index < -0.39 is 0 Å². The largest absolute Gasteiger partial charge is 0.503 e. The fourth-order valence-electron chi connectivity index (χ4n) is 3.28. The van der Waals surface area contributed by atoms with E-state index in [0.29, 0.717) is 10.2 Å². The summed E-state index contributed by atoms with van der Waals surface area (Å²) >= 11 is 3.49. The Bertz CT molecular complexity index is 779. The molecule has 0 saturated heterocycles. The third-order valence-corrected chi connectivity index (χ3v) is 5.49. The Labute approximate surface area is 156 Å². The molecule has 0 fully saturated rings. The van der Waals surface area contributed by atoms with Gasteiger partial charge in [0, 0.05) is 6.04 Å². The molecule has 0 saturated carbocycles. The number of phenols is 1. The number of phenolic OH excluding ortho intramolecular Hbond substituents is 1. The first-order valence-electron chi connectivity index (χ1n) is 8.11. The highest BCUT2D eigenvalue weighted by Crippen LogP contribution is 2.40. The van der Waals surface area contributed by atoms with Gasteiger partial charge in [0.25, 0.3) is 0 Å². The zero-order chi connectivity index (χ0) is 18.0. The molecule has 3 rings (SSSR count). The van der Waals surface area contributed by atoms with Crippen LogP contribution in [0.4, 0.5) is 0 Å². The number of hydrogen-bond donors (Lipinski definition) is 2. The minimum absolute atomic E-state index is 0.128. The van der Waals surface area contributed by atoms with Crippen LogP contribution in [0.2, 0.25) is 0 Å². The summed E-state index contributed by atoms with van der Waals surface area (Å²) in [7, 11) is 4.84. The summed E-state index contributed by atoms with van der Waals surface area (Å²) in [4.78, 5) is 0. The molecule has 1 aliphatic heterocycles. The molecular formula is C19H22BrNO4. The quantitative estimate of drug-likeness (QED) is 0.792. The summed E-state index contributed by atoms with van der Waals surface area (Å²) in [5.41, 5.74) is 3.47. The molecule has 1 atom stereocenters. The molecule has 0 spiro atoms. The highest BCUT2D eigenvalue weighted by Gasteiger charge is 2.24. The first-order valence-corrected chi connectivity index (χ1v) is 8.90. The number of benzene rings is 2. The van der Waals surface area contributed by atoms with Gasteiger partial charge in [-0.1, -0.05) is 6.07 Å². The van der Waals surface area contributed by atoms with Crippen molar-refractivity contribution in [2.75, 3.05) is 27.9 Å². The molecule has 1 heterocycles. The number of aromatic hydroxyl groups is 1. The molecule has 1 aliphatic rings. The van der Waals surface area contributed by atoms with Gasteiger partial charge in [-0.15, -0.1) is 0 Å². The highest BCUT2D eigenvalue weighted by molar-refractivity contribution is 9.10. The second-order valence-electron chi connectivity index (χ2n) is 5.96. The predicted octanol–water partition coefficient (Wildman–Crippen LogP) is 3.61. The zero-order valence-corrected chi connectivity index (χ0v) is 16.1. The van der Waals surface area contributed by atoms with E-state index in [1.54, 1.807) is 27.4 Å². The van der Waals surface area contributed by atoms with Gasteiger partial charge in [-0.3, -0.25) is 0 Å². The average molecular weight is 408 g/mol. The van der Waals surface area contributed by atoms with Gasteiger partial charge in [0.2, 0.25) is 0 Å². The van der Waals surface area contributed by atoms with Gasteiger partial charge in [0.05, 0.1) is 25.8 Å². The molecule has 2 aromatic carbocycles. The van der Waals surface area contributed by atoms with Crippen LogP contribution in [-0.2, 0) is 12.8 Å². The summed E-state index contributed by atoms with van der Waals surface area (Å²) in [5, 5.41) is 13.8. The van der Waals surface area contributed by atoms with Crippen molar-refractivity contribution in [2.24, 2.45) is 0 Å². The van der Waals surface area contributed by atoms with Crippen LogP contribution in [-0.4, -0.2) is 33.0 Å². The van der Waals surface area contributed by atoms with Gasteiger partial charge in [-0.25, -0.2) is 0 Å². The Kier molecular flexibility index (Phi) is 5.39. The van der Waals surface area contributed by atoms with Crippen molar-refractivity contribution in [3.63, 3.8) is 0 Å². The topological polar surface area (TPSA) is 60.0 Å². The Hall–Kier alpha value is -1.92. The summed E-state index contributed by atoms with van der Waals surface area (Å²) in [6.45, 7) is 0.896. The highest BCUT2D eigenvalue weighted by atomic mass is 79.9. The number of halogens is 1. The molecule has 0 radical (unpaired) electrons. The van der Waals surface area contributed by atoms with E-state index in [4.69, 9.17) is 14.2 Å². The Morgan fingerprint density at radius 3 is 2.44 bits per heavy atom. The molecule has 1 unspecified atom stereocenters. The molecular weight excluding hydrogens is 386 g/mol. The van der Waals surface area contributed by atoms with Crippen molar-refractivity contribution >= 4 is 15.9 Å². The normalized spacial score (nSPS) is 16.2. The number of rotatable bonds is 5. The van der Waals surface area contributed by atoms with E-state index in [1.165, 1.54) is 11.1 Å². The van der Waals surface area contributed by atoms with Gasteiger partial charge in [0.15, 0.2) is 23.0 Å². The summed E-state index contributed by atoms with van der Waals surface area (Å²) in [6, 6.07) is 7.99. The number of ether oxygens (including phenoxy) is 3. The SMILES string of the molecule is COc1cc2c(cc1OC)C(Cc1ccc(OC)c(O)c1Br)NCC2. The van der Waals surface area contributed by atoms with Crippen LogP contribution in [0.15, 0.2) is 28.7 Å². The minimum atomic E-state index is 0.128. The molecule has 0 amide bonds. The Balaban J connectivity index is 1.95. The second kappa shape index (κ2) is 7.54. The molecule has 5 nitrogen and oxygen atoms in total. The van der Waals surface area contributed by atoms with Gasteiger partial charge >= 0.3 is 0 Å². The lowest BCUT2D eigenvalue weighted by atomic mass is 9.89. The van der Waals surface area contributed by atoms with Gasteiger partial charge in [0.1, 0.15) is 0 Å². The molecule has 0 bridgehead atoms. The zero-order valence-electron chi connectivity index (χ0n) is 14.6. The minimum Gasteiger partial charge on any atom is -0.503 e. The summed E-state index contributed by atoms with van der Waals surface area (Å²) in [6.07, 6.45) is 1.68. The first-order chi connectivity index (χ1) is 12.1. The van der Waals surface area contributed by atoms with Gasteiger partial charge < -0.3 is 24.6 Å². The van der Waals surface area contributed by atoms with E-state index in [-0.39, 0.29) is 11.8 Å². The molecule has 2 N–H and O–H groups in total. The molecule has 2 aromatic rings. The van der Waals surface area contributed by atoms with Crippen molar-refractivity contribution in [3.05, 3.63) is 45.4 Å². The lowest BCUT2D eigenvalue weighted by Crippen LogP contribution is -2.31. The fraction of sp³-hybridized carbons (Fsp3) is 0.368. The monoisotopic (exact) mass is 407 g/mol. The van der Waals surface area contributed by atoms with Crippen LogP contribution < -0.4 is 19.5 Å². The van der Waals surface area contributed by atoms with Gasteiger partial charge in [-0.2, -0.15) is 0 Å². The number of nitrogens with one attached hydrogen (secondary N) is 1. The van der Waals surface area contributed by atoms with Crippen LogP contribution in [0.3, 0.4) is 0 Å².